The Balaban J connectivity index is 2.17. The lowest BCUT2D eigenvalue weighted by atomic mass is 9.75. The third-order valence-electron chi connectivity index (χ3n) is 4.51. The van der Waals surface area contributed by atoms with Gasteiger partial charge in [-0.2, -0.15) is 0 Å². The lowest BCUT2D eigenvalue weighted by Crippen LogP contribution is -2.20. The van der Waals surface area contributed by atoms with Crippen LogP contribution in [0.25, 0.3) is 10.9 Å². The molecule has 0 radical (unpaired) electrons. The van der Waals surface area contributed by atoms with Crippen LogP contribution in [0.2, 0.25) is 0 Å². The fraction of sp³-hybridized carbons (Fsp3) is 0.389. The zero-order chi connectivity index (χ0) is 14.3. The van der Waals surface area contributed by atoms with Crippen molar-refractivity contribution in [3.05, 3.63) is 47.7 Å². The van der Waals surface area contributed by atoms with Crippen LogP contribution in [0.1, 0.15) is 45.7 Å². The topological polar surface area (TPSA) is 28.1 Å². The molecule has 0 saturated heterocycles. The molecule has 1 N–H and O–H groups in total. The number of rotatable bonds is 2. The Morgan fingerprint density at radius 1 is 1.30 bits per heavy atom. The van der Waals surface area contributed by atoms with Crippen molar-refractivity contribution < 1.29 is 0 Å². The summed E-state index contributed by atoms with van der Waals surface area (Å²) in [4.78, 5) is 8.41. The Bertz CT molecular complexity index is 701. The van der Waals surface area contributed by atoms with Crippen molar-refractivity contribution in [2.75, 3.05) is 0 Å². The Kier molecular flexibility index (Phi) is 3.04. The first-order valence-corrected chi connectivity index (χ1v) is 7.39. The van der Waals surface area contributed by atoms with Crippen molar-refractivity contribution in [3.8, 4) is 0 Å². The van der Waals surface area contributed by atoms with Gasteiger partial charge in [0.25, 0.3) is 0 Å². The fourth-order valence-electron chi connectivity index (χ4n) is 3.50. The molecule has 0 saturated carbocycles. The molecule has 1 atom stereocenters. The molecule has 1 aliphatic heterocycles. The number of allylic oxidation sites excluding steroid dienone is 1. The standard InChI is InChI=1S/C18H22N2/c1-5-14-15(6-2)20-17(18(14,3)4)13-11-19-16-10-8-7-9-12(13)16/h5,7-11,17,19H,6H2,1-4H3/b14-5+. The molecule has 0 bridgehead atoms. The van der Waals surface area contributed by atoms with Gasteiger partial charge in [0.05, 0.1) is 6.04 Å². The van der Waals surface area contributed by atoms with Crippen molar-refractivity contribution in [1.29, 1.82) is 0 Å². The monoisotopic (exact) mass is 266 g/mol. The summed E-state index contributed by atoms with van der Waals surface area (Å²) in [5, 5.41) is 1.29. The number of nitrogens with one attached hydrogen (secondary N) is 1. The Morgan fingerprint density at radius 2 is 2.05 bits per heavy atom. The molecule has 0 amide bonds. The van der Waals surface area contributed by atoms with Gasteiger partial charge in [-0.15, -0.1) is 0 Å². The summed E-state index contributed by atoms with van der Waals surface area (Å²) in [5.74, 6) is 0. The maximum Gasteiger partial charge on any atom is 0.0864 e. The number of aromatic nitrogens is 1. The van der Waals surface area contributed by atoms with Gasteiger partial charge in [0.1, 0.15) is 0 Å². The second kappa shape index (κ2) is 4.62. The van der Waals surface area contributed by atoms with Crippen molar-refractivity contribution in [2.45, 2.75) is 40.2 Å². The predicted octanol–water partition coefficient (Wildman–Crippen LogP) is 5.05. The fourth-order valence-corrected chi connectivity index (χ4v) is 3.50. The van der Waals surface area contributed by atoms with Gasteiger partial charge in [-0.05, 0) is 25.0 Å². The van der Waals surface area contributed by atoms with E-state index in [2.05, 4.69) is 69.2 Å². The predicted molar refractivity (Wildman–Crippen MR) is 86.3 cm³/mol. The average molecular weight is 266 g/mol. The molecule has 1 aromatic heterocycles. The molecule has 2 aromatic rings. The van der Waals surface area contributed by atoms with E-state index in [0.717, 1.165) is 6.42 Å². The van der Waals surface area contributed by atoms with Gasteiger partial charge in [0.15, 0.2) is 0 Å². The number of fused-ring (bicyclic) bond motifs is 1. The molecule has 1 aliphatic rings. The van der Waals surface area contributed by atoms with E-state index in [9.17, 15) is 0 Å². The highest BCUT2D eigenvalue weighted by Crippen LogP contribution is 2.50. The number of para-hydroxylation sites is 1. The Morgan fingerprint density at radius 3 is 2.70 bits per heavy atom. The van der Waals surface area contributed by atoms with E-state index >= 15 is 0 Å². The van der Waals surface area contributed by atoms with Crippen molar-refractivity contribution in [2.24, 2.45) is 10.4 Å². The SMILES string of the molecule is C/C=C1\C(CC)=NC(c2c[nH]c3ccccc23)C1(C)C. The number of nitrogens with zero attached hydrogens (tertiary/aromatic N) is 1. The summed E-state index contributed by atoms with van der Waals surface area (Å²) in [7, 11) is 0. The van der Waals surface area contributed by atoms with Crippen molar-refractivity contribution in [1.82, 2.24) is 4.98 Å². The molecule has 0 aliphatic carbocycles. The highest BCUT2D eigenvalue weighted by molar-refractivity contribution is 6.03. The van der Waals surface area contributed by atoms with E-state index in [1.54, 1.807) is 0 Å². The van der Waals surface area contributed by atoms with E-state index in [0.29, 0.717) is 0 Å². The summed E-state index contributed by atoms with van der Waals surface area (Å²) in [6, 6.07) is 8.69. The molecule has 2 heterocycles. The van der Waals surface area contributed by atoms with Crippen LogP contribution in [0.5, 0.6) is 0 Å². The molecule has 104 valence electrons. The summed E-state index contributed by atoms with van der Waals surface area (Å²) in [5.41, 5.74) is 5.22. The zero-order valence-electron chi connectivity index (χ0n) is 12.7. The van der Waals surface area contributed by atoms with Crippen LogP contribution in [0.3, 0.4) is 0 Å². The maximum absolute atomic E-state index is 5.03. The Labute approximate surface area is 120 Å². The van der Waals surface area contributed by atoms with Gasteiger partial charge >= 0.3 is 0 Å². The molecule has 2 nitrogen and oxygen atoms in total. The number of aromatic amines is 1. The van der Waals surface area contributed by atoms with Gasteiger partial charge in [0.2, 0.25) is 0 Å². The number of H-pyrrole nitrogens is 1. The molecule has 3 rings (SSSR count). The number of hydrogen-bond donors (Lipinski definition) is 1. The van der Waals surface area contributed by atoms with Crippen LogP contribution in [-0.4, -0.2) is 10.7 Å². The maximum atomic E-state index is 5.03. The first kappa shape index (κ1) is 13.2. The minimum atomic E-state index is 0.0606. The van der Waals surface area contributed by atoms with E-state index in [1.807, 2.05) is 0 Å². The van der Waals surface area contributed by atoms with E-state index in [-0.39, 0.29) is 11.5 Å². The molecule has 2 heteroatoms. The van der Waals surface area contributed by atoms with Crippen molar-refractivity contribution in [3.63, 3.8) is 0 Å². The number of hydrogen-bond acceptors (Lipinski definition) is 1. The van der Waals surface area contributed by atoms with Gasteiger partial charge in [-0.3, -0.25) is 4.99 Å². The third-order valence-corrected chi connectivity index (χ3v) is 4.51. The van der Waals surface area contributed by atoms with Crippen LogP contribution in [0.4, 0.5) is 0 Å². The van der Waals surface area contributed by atoms with Gasteiger partial charge in [-0.1, -0.05) is 45.0 Å². The van der Waals surface area contributed by atoms with Gasteiger partial charge in [-0.25, -0.2) is 0 Å². The van der Waals surface area contributed by atoms with Crippen molar-refractivity contribution >= 4 is 16.6 Å². The molecule has 0 spiro atoms. The number of benzene rings is 1. The molecule has 1 aromatic carbocycles. The second-order valence-corrected chi connectivity index (χ2v) is 6.05. The lowest BCUT2D eigenvalue weighted by Gasteiger charge is -2.27. The highest BCUT2D eigenvalue weighted by atomic mass is 14.9. The first-order chi connectivity index (χ1) is 9.59. The lowest BCUT2D eigenvalue weighted by molar-refractivity contribution is 0.392. The Hall–Kier alpha value is -1.83. The van der Waals surface area contributed by atoms with Crippen LogP contribution in [0, 0.1) is 5.41 Å². The van der Waals surface area contributed by atoms with E-state index in [1.165, 1.54) is 27.8 Å². The van der Waals surface area contributed by atoms with Gasteiger partial charge in [0, 0.05) is 33.8 Å². The summed E-state index contributed by atoms with van der Waals surface area (Å²) < 4.78 is 0. The van der Waals surface area contributed by atoms with Crippen LogP contribution >= 0.6 is 0 Å². The summed E-state index contributed by atoms with van der Waals surface area (Å²) in [6.07, 6.45) is 5.37. The van der Waals surface area contributed by atoms with Crippen LogP contribution in [-0.2, 0) is 0 Å². The molecular weight excluding hydrogens is 244 g/mol. The molecule has 0 fully saturated rings. The zero-order valence-corrected chi connectivity index (χ0v) is 12.7. The average Bonchev–Trinajstić information content (AvgIpc) is 2.96. The van der Waals surface area contributed by atoms with Crippen LogP contribution < -0.4 is 0 Å². The largest absolute Gasteiger partial charge is 0.361 e. The van der Waals surface area contributed by atoms with Gasteiger partial charge < -0.3 is 4.98 Å². The summed E-state index contributed by atoms with van der Waals surface area (Å²) >= 11 is 0. The smallest absolute Gasteiger partial charge is 0.0864 e. The van der Waals surface area contributed by atoms with E-state index in [4.69, 9.17) is 4.99 Å². The highest BCUT2D eigenvalue weighted by Gasteiger charge is 2.41. The summed E-state index contributed by atoms with van der Waals surface area (Å²) in [6.45, 7) is 8.93. The molecule has 1 unspecified atom stereocenters. The third kappa shape index (κ3) is 1.75. The molecule has 20 heavy (non-hydrogen) atoms. The normalized spacial score (nSPS) is 23.5. The number of aliphatic imine (C=N–C) groups is 1. The molecular formula is C18H22N2. The quantitative estimate of drug-likeness (QED) is 0.788. The minimum Gasteiger partial charge on any atom is -0.361 e. The minimum absolute atomic E-state index is 0.0606. The first-order valence-electron chi connectivity index (χ1n) is 7.39. The van der Waals surface area contributed by atoms with E-state index < -0.39 is 0 Å². The second-order valence-electron chi connectivity index (χ2n) is 6.05. The van der Waals surface area contributed by atoms with Crippen LogP contribution in [0.15, 0.2) is 47.1 Å².